The number of methoxy groups -OCH3 is 1. The first-order chi connectivity index (χ1) is 17.3. The number of ether oxygens (including phenoxy) is 1. The average Bonchev–Trinajstić information content (AvgIpc) is 3.04. The Kier molecular flexibility index (Phi) is 5.26. The number of hydrogen-bond acceptors (Lipinski definition) is 2. The molecule has 3 aliphatic rings. The highest BCUT2D eigenvalue weighted by molar-refractivity contribution is 6.06. The Bertz CT molecular complexity index is 1490. The summed E-state index contributed by atoms with van der Waals surface area (Å²) in [5.74, 6) is 1.22. The van der Waals surface area contributed by atoms with Crippen LogP contribution in [-0.2, 0) is 5.41 Å². The van der Waals surface area contributed by atoms with Crippen molar-refractivity contribution in [1.82, 2.24) is 0 Å². The number of fused-ring (bicyclic) bond motifs is 6. The number of hydrogen-bond donors (Lipinski definition) is 1. The zero-order valence-electron chi connectivity index (χ0n) is 21.7. The molecular weight excluding hydrogens is 440 g/mol. The summed E-state index contributed by atoms with van der Waals surface area (Å²) >= 11 is 0. The van der Waals surface area contributed by atoms with E-state index in [0.717, 1.165) is 53.3 Å². The standard InChI is InChI=1S/C34H34O2/c1-22-19-33(2,3)21-34(20-22)29-10-8-6-5-7-9-27(29)32-28-17-24(23-11-14-25(36-4)15-12-23)13-16-26(28)31(35)18-30(32)34/h6-9,11-18,20,35H,5,10,19,21H2,1-4H3/b8-6?,9-7-. The molecule has 0 fully saturated rings. The lowest BCUT2D eigenvalue weighted by Crippen LogP contribution is -2.35. The summed E-state index contributed by atoms with van der Waals surface area (Å²) < 4.78 is 5.36. The van der Waals surface area contributed by atoms with Crippen molar-refractivity contribution in [3.63, 3.8) is 0 Å². The zero-order valence-corrected chi connectivity index (χ0v) is 21.7. The molecule has 0 amide bonds. The quantitative estimate of drug-likeness (QED) is 0.376. The van der Waals surface area contributed by atoms with E-state index in [1.807, 2.05) is 12.1 Å². The number of phenols is 1. The molecule has 0 saturated heterocycles. The minimum absolute atomic E-state index is 0.184. The van der Waals surface area contributed by atoms with Crippen LogP contribution in [0.25, 0.3) is 27.5 Å². The molecule has 36 heavy (non-hydrogen) atoms. The number of aromatic hydroxyl groups is 1. The van der Waals surface area contributed by atoms with Gasteiger partial charge in [-0.25, -0.2) is 0 Å². The number of rotatable bonds is 2. The molecule has 1 spiro atoms. The first kappa shape index (κ1) is 22.9. The van der Waals surface area contributed by atoms with Crippen molar-refractivity contribution in [1.29, 1.82) is 0 Å². The first-order valence-corrected chi connectivity index (χ1v) is 13.0. The van der Waals surface area contributed by atoms with Gasteiger partial charge in [0, 0.05) is 10.8 Å². The van der Waals surface area contributed by atoms with E-state index in [-0.39, 0.29) is 10.8 Å². The van der Waals surface area contributed by atoms with Crippen molar-refractivity contribution in [2.75, 3.05) is 7.11 Å². The lowest BCUT2D eigenvalue weighted by Gasteiger charge is -2.43. The number of allylic oxidation sites excluding steroid dienone is 8. The second-order valence-electron chi connectivity index (χ2n) is 11.5. The minimum atomic E-state index is -0.190. The molecule has 0 aliphatic heterocycles. The van der Waals surface area contributed by atoms with Crippen LogP contribution in [0.5, 0.6) is 11.5 Å². The van der Waals surface area contributed by atoms with Gasteiger partial charge in [-0.1, -0.05) is 74.1 Å². The van der Waals surface area contributed by atoms with E-state index in [4.69, 9.17) is 4.74 Å². The second kappa shape index (κ2) is 8.27. The largest absolute Gasteiger partial charge is 0.507 e. The molecule has 3 aromatic carbocycles. The van der Waals surface area contributed by atoms with E-state index >= 15 is 0 Å². The van der Waals surface area contributed by atoms with Crippen LogP contribution in [0.3, 0.4) is 0 Å². The van der Waals surface area contributed by atoms with Gasteiger partial charge in [-0.2, -0.15) is 0 Å². The van der Waals surface area contributed by atoms with Crippen LogP contribution in [0, 0.1) is 5.41 Å². The molecule has 3 aliphatic carbocycles. The van der Waals surface area contributed by atoms with Gasteiger partial charge in [-0.3, -0.25) is 0 Å². The van der Waals surface area contributed by atoms with Crippen molar-refractivity contribution in [2.45, 2.75) is 51.9 Å². The predicted molar refractivity (Wildman–Crippen MR) is 150 cm³/mol. The van der Waals surface area contributed by atoms with Crippen LogP contribution in [0.15, 0.2) is 90.1 Å². The molecule has 182 valence electrons. The Morgan fingerprint density at radius 3 is 2.42 bits per heavy atom. The van der Waals surface area contributed by atoms with E-state index < -0.39 is 0 Å². The van der Waals surface area contributed by atoms with E-state index in [2.05, 4.69) is 87.5 Å². The summed E-state index contributed by atoms with van der Waals surface area (Å²) in [7, 11) is 1.69. The van der Waals surface area contributed by atoms with Gasteiger partial charge in [0.2, 0.25) is 0 Å². The third kappa shape index (κ3) is 3.54. The van der Waals surface area contributed by atoms with Gasteiger partial charge in [0.15, 0.2) is 0 Å². The van der Waals surface area contributed by atoms with Gasteiger partial charge in [0.1, 0.15) is 11.5 Å². The lowest BCUT2D eigenvalue weighted by molar-refractivity contribution is 0.262. The summed E-state index contributed by atoms with van der Waals surface area (Å²) in [6.07, 6.45) is 15.8. The third-order valence-electron chi connectivity index (χ3n) is 8.21. The Balaban J connectivity index is 1.66. The highest BCUT2D eigenvalue weighted by Gasteiger charge is 2.48. The predicted octanol–water partition coefficient (Wildman–Crippen LogP) is 8.90. The third-order valence-corrected chi connectivity index (χ3v) is 8.21. The average molecular weight is 475 g/mol. The van der Waals surface area contributed by atoms with Gasteiger partial charge in [-0.15, -0.1) is 0 Å². The monoisotopic (exact) mass is 474 g/mol. The minimum Gasteiger partial charge on any atom is -0.507 e. The van der Waals surface area contributed by atoms with Gasteiger partial charge >= 0.3 is 0 Å². The molecule has 2 heteroatoms. The highest BCUT2D eigenvalue weighted by Crippen LogP contribution is 2.60. The summed E-state index contributed by atoms with van der Waals surface area (Å²) in [5, 5.41) is 13.4. The van der Waals surface area contributed by atoms with Crippen molar-refractivity contribution in [3.05, 3.63) is 101 Å². The fourth-order valence-electron chi connectivity index (χ4n) is 7.06. The molecule has 0 bridgehead atoms. The maximum Gasteiger partial charge on any atom is 0.123 e. The smallest absolute Gasteiger partial charge is 0.123 e. The molecule has 2 nitrogen and oxygen atoms in total. The Hall–Kier alpha value is -3.52. The van der Waals surface area contributed by atoms with Crippen molar-refractivity contribution < 1.29 is 9.84 Å². The van der Waals surface area contributed by atoms with Crippen molar-refractivity contribution in [2.24, 2.45) is 5.41 Å². The summed E-state index contributed by atoms with van der Waals surface area (Å²) in [4.78, 5) is 0. The molecule has 3 aromatic rings. The Labute approximate surface area is 214 Å². The van der Waals surface area contributed by atoms with Crippen molar-refractivity contribution >= 4 is 16.3 Å². The zero-order chi connectivity index (χ0) is 25.1. The maximum atomic E-state index is 11.3. The molecule has 1 atom stereocenters. The maximum absolute atomic E-state index is 11.3. The van der Waals surface area contributed by atoms with Gasteiger partial charge in [0.05, 0.1) is 7.11 Å². The normalized spacial score (nSPS) is 23.2. The van der Waals surface area contributed by atoms with Crippen LogP contribution in [0.1, 0.15) is 57.6 Å². The fraction of sp³-hybridized carbons (Fsp3) is 0.294. The first-order valence-electron chi connectivity index (χ1n) is 13.0. The second-order valence-corrected chi connectivity index (χ2v) is 11.5. The van der Waals surface area contributed by atoms with Gasteiger partial charge < -0.3 is 9.84 Å². The van der Waals surface area contributed by atoms with E-state index in [1.165, 1.54) is 27.8 Å². The van der Waals surface area contributed by atoms with E-state index in [0.29, 0.717) is 5.75 Å². The summed E-state index contributed by atoms with van der Waals surface area (Å²) in [6.45, 7) is 7.06. The van der Waals surface area contributed by atoms with E-state index in [9.17, 15) is 5.11 Å². The van der Waals surface area contributed by atoms with Gasteiger partial charge in [-0.05, 0) is 101 Å². The lowest BCUT2D eigenvalue weighted by atomic mass is 9.60. The van der Waals surface area contributed by atoms with Crippen molar-refractivity contribution in [3.8, 4) is 22.6 Å². The van der Waals surface area contributed by atoms with Crippen LogP contribution in [0.2, 0.25) is 0 Å². The van der Waals surface area contributed by atoms with Crippen LogP contribution in [0.4, 0.5) is 0 Å². The van der Waals surface area contributed by atoms with Crippen LogP contribution in [-0.4, -0.2) is 12.2 Å². The van der Waals surface area contributed by atoms with Crippen LogP contribution >= 0.6 is 0 Å². The SMILES string of the molecule is COc1ccc(-c2ccc3c(O)cc4c(c3c2)C2=C(CC=CC/C=C\2)C42C=C(C)CC(C)(C)C2)cc1. The highest BCUT2D eigenvalue weighted by atomic mass is 16.5. The Morgan fingerprint density at radius 2 is 1.67 bits per heavy atom. The summed E-state index contributed by atoms with van der Waals surface area (Å²) in [6, 6.07) is 16.7. The molecule has 0 aromatic heterocycles. The molecule has 0 radical (unpaired) electrons. The molecule has 0 heterocycles. The molecule has 1 unspecified atom stereocenters. The number of benzene rings is 3. The van der Waals surface area contributed by atoms with Gasteiger partial charge in [0.25, 0.3) is 0 Å². The molecular formula is C34H34O2. The Morgan fingerprint density at radius 1 is 0.889 bits per heavy atom. The topological polar surface area (TPSA) is 29.5 Å². The van der Waals surface area contributed by atoms with Crippen LogP contribution < -0.4 is 4.74 Å². The number of phenolic OH excluding ortho intramolecular Hbond substituents is 1. The fourth-order valence-corrected chi connectivity index (χ4v) is 7.06. The molecule has 6 rings (SSSR count). The summed E-state index contributed by atoms with van der Waals surface area (Å²) in [5.41, 5.74) is 9.08. The molecule has 0 saturated carbocycles. The van der Waals surface area contributed by atoms with E-state index in [1.54, 1.807) is 7.11 Å². The molecule has 1 N–H and O–H groups in total.